The Morgan fingerprint density at radius 1 is 1.14 bits per heavy atom. The molecule has 0 radical (unpaired) electrons. The Balaban J connectivity index is 1.97. The Labute approximate surface area is 127 Å². The molecule has 1 aromatic heterocycles. The Hall–Kier alpha value is -2.67. The quantitative estimate of drug-likeness (QED) is 0.521. The number of hydrogen-bond donors (Lipinski definition) is 0. The second-order valence-electron chi connectivity index (χ2n) is 4.43. The van der Waals surface area contributed by atoms with Crippen LogP contribution in [-0.4, -0.2) is 9.91 Å². The molecule has 3 rings (SSSR count). The standard InChI is InChI=1S/C15H8F2N2O2S/c16-11-2-1-3-12(17)10(11)5-7-15-18-13-8-9(19(20)21)4-6-14(13)22-15/h1-8H/b7-5+. The number of rotatable bonds is 3. The summed E-state index contributed by atoms with van der Waals surface area (Å²) >= 11 is 1.28. The van der Waals surface area contributed by atoms with E-state index in [1.807, 2.05) is 0 Å². The average molecular weight is 318 g/mol. The zero-order valence-electron chi connectivity index (χ0n) is 11.0. The van der Waals surface area contributed by atoms with Gasteiger partial charge in [0.25, 0.3) is 5.69 Å². The summed E-state index contributed by atoms with van der Waals surface area (Å²) in [6.45, 7) is 0. The predicted molar refractivity (Wildman–Crippen MR) is 81.6 cm³/mol. The second-order valence-corrected chi connectivity index (χ2v) is 5.49. The highest BCUT2D eigenvalue weighted by Crippen LogP contribution is 2.27. The van der Waals surface area contributed by atoms with Crippen LogP contribution in [-0.2, 0) is 0 Å². The van der Waals surface area contributed by atoms with Gasteiger partial charge in [-0.1, -0.05) is 6.07 Å². The maximum atomic E-state index is 13.5. The monoisotopic (exact) mass is 318 g/mol. The van der Waals surface area contributed by atoms with Crippen LogP contribution in [0.3, 0.4) is 0 Å². The van der Waals surface area contributed by atoms with Crippen LogP contribution in [0, 0.1) is 21.7 Å². The Morgan fingerprint density at radius 3 is 2.55 bits per heavy atom. The lowest BCUT2D eigenvalue weighted by atomic mass is 10.2. The van der Waals surface area contributed by atoms with Gasteiger partial charge in [-0.05, 0) is 30.4 Å². The van der Waals surface area contributed by atoms with Gasteiger partial charge in [-0.2, -0.15) is 0 Å². The summed E-state index contributed by atoms with van der Waals surface area (Å²) in [5.41, 5.74) is 0.286. The van der Waals surface area contributed by atoms with E-state index in [1.165, 1.54) is 53.8 Å². The number of non-ortho nitro benzene ring substituents is 1. The van der Waals surface area contributed by atoms with Crippen molar-refractivity contribution in [2.24, 2.45) is 0 Å². The Bertz CT molecular complexity index is 885. The van der Waals surface area contributed by atoms with Gasteiger partial charge in [-0.3, -0.25) is 10.1 Å². The molecular weight excluding hydrogens is 310 g/mol. The molecule has 7 heteroatoms. The van der Waals surface area contributed by atoms with Gasteiger partial charge < -0.3 is 0 Å². The van der Waals surface area contributed by atoms with Gasteiger partial charge in [0.05, 0.1) is 15.1 Å². The van der Waals surface area contributed by atoms with E-state index in [4.69, 9.17) is 0 Å². The molecule has 0 amide bonds. The molecule has 0 atom stereocenters. The van der Waals surface area contributed by atoms with E-state index in [-0.39, 0.29) is 11.3 Å². The summed E-state index contributed by atoms with van der Waals surface area (Å²) in [4.78, 5) is 14.4. The number of fused-ring (bicyclic) bond motifs is 1. The SMILES string of the molecule is O=[N+]([O-])c1ccc2sc(/C=C/c3c(F)cccc3F)nc2c1. The van der Waals surface area contributed by atoms with Gasteiger partial charge in [0.2, 0.25) is 0 Å². The van der Waals surface area contributed by atoms with Gasteiger partial charge in [-0.15, -0.1) is 11.3 Å². The van der Waals surface area contributed by atoms with Gasteiger partial charge >= 0.3 is 0 Å². The lowest BCUT2D eigenvalue weighted by Gasteiger charge is -1.97. The molecule has 3 aromatic rings. The van der Waals surface area contributed by atoms with Crippen molar-refractivity contribution in [1.82, 2.24) is 4.98 Å². The minimum absolute atomic E-state index is 0.0477. The molecule has 2 aromatic carbocycles. The zero-order valence-corrected chi connectivity index (χ0v) is 11.8. The van der Waals surface area contributed by atoms with Crippen molar-refractivity contribution in [3.05, 3.63) is 68.7 Å². The zero-order chi connectivity index (χ0) is 15.7. The summed E-state index contributed by atoms with van der Waals surface area (Å²) in [5, 5.41) is 11.2. The molecule has 22 heavy (non-hydrogen) atoms. The average Bonchev–Trinajstić information content (AvgIpc) is 2.88. The fourth-order valence-corrected chi connectivity index (χ4v) is 2.79. The minimum Gasteiger partial charge on any atom is -0.258 e. The normalized spacial score (nSPS) is 11.4. The smallest absolute Gasteiger partial charge is 0.258 e. The van der Waals surface area contributed by atoms with E-state index in [2.05, 4.69) is 4.98 Å². The van der Waals surface area contributed by atoms with Crippen molar-refractivity contribution < 1.29 is 13.7 Å². The molecule has 0 unspecified atom stereocenters. The van der Waals surface area contributed by atoms with E-state index in [0.717, 1.165) is 4.70 Å². The maximum absolute atomic E-state index is 13.5. The Kier molecular flexibility index (Phi) is 3.64. The maximum Gasteiger partial charge on any atom is 0.271 e. The largest absolute Gasteiger partial charge is 0.271 e. The van der Waals surface area contributed by atoms with Crippen molar-refractivity contribution in [3.63, 3.8) is 0 Å². The highest BCUT2D eigenvalue weighted by Gasteiger charge is 2.10. The van der Waals surface area contributed by atoms with Crippen LogP contribution in [0.5, 0.6) is 0 Å². The molecule has 110 valence electrons. The van der Waals surface area contributed by atoms with Crippen molar-refractivity contribution in [3.8, 4) is 0 Å². The molecule has 0 spiro atoms. The van der Waals surface area contributed by atoms with E-state index >= 15 is 0 Å². The molecule has 0 N–H and O–H groups in total. The number of nitrogens with zero attached hydrogens (tertiary/aromatic N) is 2. The van der Waals surface area contributed by atoms with Gasteiger partial charge in [0.1, 0.15) is 16.6 Å². The Morgan fingerprint density at radius 2 is 1.86 bits per heavy atom. The van der Waals surface area contributed by atoms with Crippen LogP contribution in [0.25, 0.3) is 22.4 Å². The fourth-order valence-electron chi connectivity index (χ4n) is 1.94. The number of benzene rings is 2. The van der Waals surface area contributed by atoms with Crippen molar-refractivity contribution in [1.29, 1.82) is 0 Å². The van der Waals surface area contributed by atoms with E-state index < -0.39 is 16.6 Å². The number of thiazole rings is 1. The third-order valence-electron chi connectivity index (χ3n) is 2.99. The molecule has 0 aliphatic carbocycles. The number of nitro groups is 1. The molecule has 0 bridgehead atoms. The van der Waals surface area contributed by atoms with Crippen LogP contribution in [0.15, 0.2) is 36.4 Å². The molecule has 0 saturated heterocycles. The summed E-state index contributed by atoms with van der Waals surface area (Å²) in [6, 6.07) is 8.00. The molecule has 0 aliphatic rings. The predicted octanol–water partition coefficient (Wildman–Crippen LogP) is 4.65. The molecule has 1 heterocycles. The topological polar surface area (TPSA) is 56.0 Å². The number of nitro benzene ring substituents is 1. The molecule has 4 nitrogen and oxygen atoms in total. The second kappa shape index (κ2) is 5.61. The lowest BCUT2D eigenvalue weighted by Crippen LogP contribution is -1.87. The van der Waals surface area contributed by atoms with Crippen molar-refractivity contribution >= 4 is 39.4 Å². The van der Waals surface area contributed by atoms with Crippen molar-refractivity contribution in [2.75, 3.05) is 0 Å². The minimum atomic E-state index is -0.659. The lowest BCUT2D eigenvalue weighted by molar-refractivity contribution is -0.384. The fraction of sp³-hybridized carbons (Fsp3) is 0. The van der Waals surface area contributed by atoms with Crippen LogP contribution < -0.4 is 0 Å². The highest BCUT2D eigenvalue weighted by molar-refractivity contribution is 7.19. The van der Waals surface area contributed by atoms with E-state index in [1.54, 1.807) is 6.07 Å². The molecule has 0 saturated carbocycles. The van der Waals surface area contributed by atoms with Crippen LogP contribution in [0.1, 0.15) is 10.6 Å². The summed E-state index contributed by atoms with van der Waals surface area (Å²) in [5.74, 6) is -1.32. The first kappa shape index (κ1) is 14.3. The molecular formula is C15H8F2N2O2S. The van der Waals surface area contributed by atoms with Gasteiger partial charge in [0, 0.05) is 17.7 Å². The molecule has 0 fully saturated rings. The first-order valence-electron chi connectivity index (χ1n) is 6.21. The first-order chi connectivity index (χ1) is 10.5. The summed E-state index contributed by atoms with van der Waals surface area (Å²) in [7, 11) is 0. The van der Waals surface area contributed by atoms with Crippen LogP contribution >= 0.6 is 11.3 Å². The number of hydrogen-bond acceptors (Lipinski definition) is 4. The van der Waals surface area contributed by atoms with E-state index in [0.29, 0.717) is 10.5 Å². The van der Waals surface area contributed by atoms with Crippen molar-refractivity contribution in [2.45, 2.75) is 0 Å². The highest BCUT2D eigenvalue weighted by atomic mass is 32.1. The van der Waals surface area contributed by atoms with Crippen LogP contribution in [0.4, 0.5) is 14.5 Å². The van der Waals surface area contributed by atoms with Gasteiger partial charge in [-0.25, -0.2) is 13.8 Å². The summed E-state index contributed by atoms with van der Waals surface area (Å²) < 4.78 is 27.8. The first-order valence-corrected chi connectivity index (χ1v) is 7.03. The molecule has 0 aliphatic heterocycles. The van der Waals surface area contributed by atoms with Gasteiger partial charge in [0.15, 0.2) is 0 Å². The number of halogens is 2. The van der Waals surface area contributed by atoms with Crippen LogP contribution in [0.2, 0.25) is 0 Å². The third kappa shape index (κ3) is 2.71. The van der Waals surface area contributed by atoms with E-state index in [9.17, 15) is 18.9 Å². The number of aromatic nitrogens is 1. The summed E-state index contributed by atoms with van der Waals surface area (Å²) in [6.07, 6.45) is 2.79. The third-order valence-corrected chi connectivity index (χ3v) is 3.99.